The average Bonchev–Trinajstić information content (AvgIpc) is 2.40. The van der Waals surface area contributed by atoms with Gasteiger partial charge in [0.1, 0.15) is 11.5 Å². The third kappa shape index (κ3) is 3.91. The van der Waals surface area contributed by atoms with Crippen molar-refractivity contribution in [3.8, 4) is 11.5 Å². The Morgan fingerprint density at radius 2 is 1.61 bits per heavy atom. The quantitative estimate of drug-likeness (QED) is 0.749. The molecule has 1 fully saturated rings. The first kappa shape index (κ1) is 15.9. The van der Waals surface area contributed by atoms with Crippen LogP contribution in [0.3, 0.4) is 0 Å². The van der Waals surface area contributed by atoms with Gasteiger partial charge in [0, 0.05) is 5.56 Å². The largest absolute Gasteiger partial charge is 1.00 e. The van der Waals surface area contributed by atoms with E-state index in [1.54, 1.807) is 14.2 Å². The summed E-state index contributed by atoms with van der Waals surface area (Å²) in [5, 5.41) is 0. The van der Waals surface area contributed by atoms with Crippen LogP contribution in [-0.2, 0) is 6.42 Å². The van der Waals surface area contributed by atoms with E-state index in [-0.39, 0.29) is 31.0 Å². The molecule has 0 spiro atoms. The van der Waals surface area contributed by atoms with Crippen LogP contribution in [0.4, 0.5) is 0 Å². The van der Waals surface area contributed by atoms with Gasteiger partial charge in [0.25, 0.3) is 0 Å². The fourth-order valence-corrected chi connectivity index (χ4v) is 2.81. The van der Waals surface area contributed by atoms with E-state index in [2.05, 4.69) is 0 Å². The molecule has 1 aliphatic rings. The molecule has 0 saturated heterocycles. The normalized spacial score (nSPS) is 15.9. The van der Waals surface area contributed by atoms with E-state index in [9.17, 15) is 0 Å². The fourth-order valence-electron chi connectivity index (χ4n) is 2.81. The molecule has 1 aliphatic carbocycles. The van der Waals surface area contributed by atoms with Crippen LogP contribution in [0.15, 0.2) is 18.2 Å². The molecule has 0 aliphatic heterocycles. The fraction of sp³-hybridized carbons (Fsp3) is 0.600. The van der Waals surface area contributed by atoms with Crippen molar-refractivity contribution in [1.29, 1.82) is 0 Å². The maximum absolute atomic E-state index is 5.45. The van der Waals surface area contributed by atoms with E-state index in [0.29, 0.717) is 0 Å². The van der Waals surface area contributed by atoms with Gasteiger partial charge in [-0.1, -0.05) is 38.2 Å². The molecule has 0 bridgehead atoms. The second kappa shape index (κ2) is 8.08. The van der Waals surface area contributed by atoms with Crippen LogP contribution in [0.25, 0.3) is 0 Å². The first-order valence-electron chi connectivity index (χ1n) is 6.55. The van der Waals surface area contributed by atoms with Gasteiger partial charge in [0.15, 0.2) is 0 Å². The van der Waals surface area contributed by atoms with Gasteiger partial charge >= 0.3 is 29.6 Å². The summed E-state index contributed by atoms with van der Waals surface area (Å²) in [6.45, 7) is 0. The summed E-state index contributed by atoms with van der Waals surface area (Å²) in [5.41, 5.74) is 1.24. The van der Waals surface area contributed by atoms with Crippen LogP contribution in [-0.4, -0.2) is 14.2 Å². The van der Waals surface area contributed by atoms with Crippen molar-refractivity contribution in [2.24, 2.45) is 5.92 Å². The van der Waals surface area contributed by atoms with Gasteiger partial charge < -0.3 is 10.9 Å². The molecule has 1 aromatic rings. The van der Waals surface area contributed by atoms with Crippen LogP contribution in [0, 0.1) is 5.92 Å². The molecule has 0 aromatic heterocycles. The number of hydrogen-bond acceptors (Lipinski definition) is 2. The van der Waals surface area contributed by atoms with Gasteiger partial charge in [-0.15, -0.1) is 0 Å². The number of benzene rings is 1. The third-order valence-electron chi connectivity index (χ3n) is 3.75. The van der Waals surface area contributed by atoms with Crippen molar-refractivity contribution in [2.75, 3.05) is 14.2 Å². The minimum Gasteiger partial charge on any atom is -1.00 e. The Morgan fingerprint density at radius 3 is 2.11 bits per heavy atom. The van der Waals surface area contributed by atoms with Crippen LogP contribution in [0.2, 0.25) is 0 Å². The van der Waals surface area contributed by atoms with Crippen molar-refractivity contribution in [3.63, 3.8) is 0 Å². The zero-order chi connectivity index (χ0) is 12.1. The Labute approximate surface area is 134 Å². The molecule has 0 unspecified atom stereocenters. The van der Waals surface area contributed by atoms with Crippen LogP contribution >= 0.6 is 0 Å². The number of hydrogen-bond donors (Lipinski definition) is 0. The number of ether oxygens (including phenoxy) is 2. The van der Waals surface area contributed by atoms with Gasteiger partial charge in [-0.05, 0) is 24.5 Å². The summed E-state index contributed by atoms with van der Waals surface area (Å²) in [4.78, 5) is 0. The molecular weight excluding hydrogens is 235 g/mol. The molecule has 0 radical (unpaired) electrons. The van der Waals surface area contributed by atoms with Crippen LogP contribution < -0.4 is 39.0 Å². The maximum atomic E-state index is 5.45. The summed E-state index contributed by atoms with van der Waals surface area (Å²) in [6.07, 6.45) is 7.94. The van der Waals surface area contributed by atoms with Crippen molar-refractivity contribution in [1.82, 2.24) is 0 Å². The molecule has 18 heavy (non-hydrogen) atoms. The van der Waals surface area contributed by atoms with E-state index in [1.165, 1.54) is 37.7 Å². The second-order valence-electron chi connectivity index (χ2n) is 4.85. The molecule has 1 aromatic carbocycles. The minimum absolute atomic E-state index is 0. The summed E-state index contributed by atoms with van der Waals surface area (Å²) in [6, 6.07) is 6.05. The zero-order valence-corrected chi connectivity index (χ0v) is 13.9. The zero-order valence-electron chi connectivity index (χ0n) is 12.9. The summed E-state index contributed by atoms with van der Waals surface area (Å²) in [7, 11) is 3.47. The Bertz CT molecular complexity index is 343. The molecule has 3 heteroatoms. The minimum atomic E-state index is 0. The summed E-state index contributed by atoms with van der Waals surface area (Å²) in [5.74, 6) is 2.73. The predicted octanol–water partition coefficient (Wildman–Crippen LogP) is 0.943. The average molecular weight is 258 g/mol. The Kier molecular flexibility index (Phi) is 7.13. The molecule has 96 valence electrons. The van der Waals surface area contributed by atoms with Gasteiger partial charge in [-0.3, -0.25) is 0 Å². The van der Waals surface area contributed by atoms with Gasteiger partial charge in [-0.25, -0.2) is 0 Å². The molecule has 2 rings (SSSR count). The Morgan fingerprint density at radius 1 is 1.06 bits per heavy atom. The van der Waals surface area contributed by atoms with Crippen LogP contribution in [0.5, 0.6) is 11.5 Å². The summed E-state index contributed by atoms with van der Waals surface area (Å²) >= 11 is 0. The molecule has 0 amide bonds. The Hall–Kier alpha value is -0.180. The first-order chi connectivity index (χ1) is 8.35. The maximum Gasteiger partial charge on any atom is 1.00 e. The molecule has 0 atom stereocenters. The number of methoxy groups -OCH3 is 2. The predicted molar refractivity (Wildman–Crippen MR) is 70.9 cm³/mol. The van der Waals surface area contributed by atoms with Crippen molar-refractivity contribution in [3.05, 3.63) is 23.8 Å². The van der Waals surface area contributed by atoms with E-state index < -0.39 is 0 Å². The van der Waals surface area contributed by atoms with Gasteiger partial charge in [0.05, 0.1) is 14.2 Å². The van der Waals surface area contributed by atoms with E-state index in [1.807, 2.05) is 18.2 Å². The first-order valence-corrected chi connectivity index (χ1v) is 6.55. The van der Waals surface area contributed by atoms with E-state index >= 15 is 0 Å². The second-order valence-corrected chi connectivity index (χ2v) is 4.85. The van der Waals surface area contributed by atoms with E-state index in [4.69, 9.17) is 9.47 Å². The standard InChI is InChI=1S/C15H22O2.Na.H/c1-16-14-9-6-10-15(17-2)13(14)11-12-7-4-3-5-8-12;;/h6,9-10,12H,3-5,7-8,11H2,1-2H3;;/q;+1;-1. The molecular formula is C15H23NaO2. The molecule has 0 heterocycles. The van der Waals surface area contributed by atoms with Crippen molar-refractivity contribution >= 4 is 0 Å². The molecule has 2 nitrogen and oxygen atoms in total. The van der Waals surface area contributed by atoms with Crippen molar-refractivity contribution < 1.29 is 40.5 Å². The van der Waals surface area contributed by atoms with Crippen molar-refractivity contribution in [2.45, 2.75) is 38.5 Å². The van der Waals surface area contributed by atoms with Crippen LogP contribution in [0.1, 0.15) is 39.1 Å². The molecule has 0 N–H and O–H groups in total. The Balaban J connectivity index is 0.00000162. The topological polar surface area (TPSA) is 18.5 Å². The monoisotopic (exact) mass is 258 g/mol. The van der Waals surface area contributed by atoms with Gasteiger partial charge in [0.2, 0.25) is 0 Å². The summed E-state index contributed by atoms with van der Waals surface area (Å²) < 4.78 is 10.9. The smallest absolute Gasteiger partial charge is 1.00 e. The van der Waals surface area contributed by atoms with E-state index in [0.717, 1.165) is 23.8 Å². The SMILES string of the molecule is COc1cccc(OC)c1CC1CCCCC1.[H-].[Na+]. The molecule has 1 saturated carbocycles. The third-order valence-corrected chi connectivity index (χ3v) is 3.75. The van der Waals surface area contributed by atoms with Gasteiger partial charge in [-0.2, -0.15) is 0 Å². The number of rotatable bonds is 4.